The lowest BCUT2D eigenvalue weighted by Crippen LogP contribution is -2.29. The van der Waals surface area contributed by atoms with Gasteiger partial charge in [0.05, 0.1) is 6.10 Å². The molecule has 0 aromatic heterocycles. The van der Waals surface area contributed by atoms with Gasteiger partial charge in [0.15, 0.2) is 0 Å². The largest absolute Gasteiger partial charge is 0.372 e. The molecule has 3 heteroatoms. The topological polar surface area (TPSA) is 21.3 Å². The molecule has 112 valence electrons. The van der Waals surface area contributed by atoms with E-state index in [0.717, 1.165) is 31.1 Å². The predicted octanol–water partition coefficient (Wildman–Crippen LogP) is 4.07. The highest BCUT2D eigenvalue weighted by Crippen LogP contribution is 2.30. The number of nitrogens with one attached hydrogen (secondary N) is 1. The third kappa shape index (κ3) is 4.88. The highest BCUT2D eigenvalue weighted by Gasteiger charge is 2.18. The van der Waals surface area contributed by atoms with Crippen LogP contribution in [-0.2, 0) is 4.74 Å². The van der Waals surface area contributed by atoms with Crippen molar-refractivity contribution in [3.63, 3.8) is 0 Å². The molecule has 1 unspecified atom stereocenters. The summed E-state index contributed by atoms with van der Waals surface area (Å²) in [5.74, 6) is 0.667. The molecule has 0 heterocycles. The molecule has 1 aromatic carbocycles. The Balaban J connectivity index is 1.86. The second-order valence-electron chi connectivity index (χ2n) is 6.06. The van der Waals surface area contributed by atoms with E-state index in [1.807, 2.05) is 12.1 Å². The van der Waals surface area contributed by atoms with Gasteiger partial charge < -0.3 is 10.1 Å². The summed E-state index contributed by atoms with van der Waals surface area (Å²) in [4.78, 5) is 0. The molecule has 1 N–H and O–H groups in total. The van der Waals surface area contributed by atoms with Crippen LogP contribution in [0.3, 0.4) is 0 Å². The fraction of sp³-hybridized carbons (Fsp3) is 0.647. The van der Waals surface area contributed by atoms with Gasteiger partial charge in [0.1, 0.15) is 5.82 Å². The van der Waals surface area contributed by atoms with Gasteiger partial charge in [0, 0.05) is 19.2 Å². The van der Waals surface area contributed by atoms with E-state index in [4.69, 9.17) is 4.74 Å². The highest BCUT2D eigenvalue weighted by atomic mass is 19.1. The van der Waals surface area contributed by atoms with E-state index in [9.17, 15) is 4.39 Å². The monoisotopic (exact) mass is 279 g/mol. The standard InChI is InChI=1S/C17H26FNO/c1-13(2)19-12-17(15-6-8-16(18)9-7-15)20-11-10-14-4-3-5-14/h6-9,13-14,17,19H,3-5,10-12H2,1-2H3. The molecule has 2 nitrogen and oxygen atoms in total. The molecule has 0 saturated heterocycles. The maximum Gasteiger partial charge on any atom is 0.123 e. The van der Waals surface area contributed by atoms with E-state index >= 15 is 0 Å². The summed E-state index contributed by atoms with van der Waals surface area (Å²) in [6.45, 7) is 5.81. The van der Waals surface area contributed by atoms with Crippen LogP contribution < -0.4 is 5.32 Å². The lowest BCUT2D eigenvalue weighted by atomic mass is 9.83. The molecular formula is C17H26FNO. The van der Waals surface area contributed by atoms with Crippen LogP contribution in [0, 0.1) is 11.7 Å². The second kappa shape index (κ2) is 7.75. The normalized spacial score (nSPS) is 17.2. The quantitative estimate of drug-likeness (QED) is 0.774. The summed E-state index contributed by atoms with van der Waals surface area (Å²) in [7, 11) is 0. The molecule has 1 aliphatic carbocycles. The number of benzene rings is 1. The van der Waals surface area contributed by atoms with Crippen LogP contribution in [-0.4, -0.2) is 19.2 Å². The van der Waals surface area contributed by atoms with Gasteiger partial charge in [-0.1, -0.05) is 45.2 Å². The Morgan fingerprint density at radius 1 is 1.25 bits per heavy atom. The van der Waals surface area contributed by atoms with Crippen LogP contribution in [0.25, 0.3) is 0 Å². The Labute approximate surface area is 121 Å². The predicted molar refractivity (Wildman–Crippen MR) is 80.2 cm³/mol. The van der Waals surface area contributed by atoms with Crippen molar-refractivity contribution in [2.24, 2.45) is 5.92 Å². The van der Waals surface area contributed by atoms with Gasteiger partial charge in [-0.3, -0.25) is 0 Å². The molecular weight excluding hydrogens is 253 g/mol. The van der Waals surface area contributed by atoms with Crippen molar-refractivity contribution >= 4 is 0 Å². The average molecular weight is 279 g/mol. The van der Waals surface area contributed by atoms with Crippen LogP contribution >= 0.6 is 0 Å². The Kier molecular flexibility index (Phi) is 5.99. The third-order valence-corrected chi connectivity index (χ3v) is 4.02. The minimum absolute atomic E-state index is 0.0121. The first-order valence-electron chi connectivity index (χ1n) is 7.75. The van der Waals surface area contributed by atoms with Crippen LogP contribution in [0.2, 0.25) is 0 Å². The van der Waals surface area contributed by atoms with Gasteiger partial charge >= 0.3 is 0 Å². The average Bonchev–Trinajstić information content (AvgIpc) is 2.37. The molecule has 0 spiro atoms. The molecule has 0 radical (unpaired) electrons. The first kappa shape index (κ1) is 15.5. The number of hydrogen-bond donors (Lipinski definition) is 1. The van der Waals surface area contributed by atoms with Crippen LogP contribution in [0.15, 0.2) is 24.3 Å². The van der Waals surface area contributed by atoms with E-state index in [2.05, 4.69) is 19.2 Å². The fourth-order valence-electron chi connectivity index (χ4n) is 2.45. The third-order valence-electron chi connectivity index (χ3n) is 4.02. The Hall–Kier alpha value is -0.930. The summed E-state index contributed by atoms with van der Waals surface area (Å²) in [5.41, 5.74) is 1.05. The fourth-order valence-corrected chi connectivity index (χ4v) is 2.45. The smallest absolute Gasteiger partial charge is 0.123 e. The summed E-state index contributed by atoms with van der Waals surface area (Å²) in [6, 6.07) is 7.09. The summed E-state index contributed by atoms with van der Waals surface area (Å²) >= 11 is 0. The molecule has 0 amide bonds. The Bertz CT molecular complexity index is 386. The lowest BCUT2D eigenvalue weighted by Gasteiger charge is -2.27. The Morgan fingerprint density at radius 2 is 1.95 bits per heavy atom. The van der Waals surface area contributed by atoms with Gasteiger partial charge in [0.25, 0.3) is 0 Å². The molecule has 1 fully saturated rings. The molecule has 1 saturated carbocycles. The summed E-state index contributed by atoms with van der Waals surface area (Å²) in [5, 5.41) is 3.41. The van der Waals surface area contributed by atoms with Gasteiger partial charge in [-0.05, 0) is 30.0 Å². The molecule has 20 heavy (non-hydrogen) atoms. The highest BCUT2D eigenvalue weighted by molar-refractivity contribution is 5.19. The van der Waals surface area contributed by atoms with E-state index in [1.165, 1.54) is 31.4 Å². The first-order valence-corrected chi connectivity index (χ1v) is 7.75. The van der Waals surface area contributed by atoms with Crippen LogP contribution in [0.4, 0.5) is 4.39 Å². The van der Waals surface area contributed by atoms with Crippen LogP contribution in [0.1, 0.15) is 51.2 Å². The van der Waals surface area contributed by atoms with E-state index in [0.29, 0.717) is 6.04 Å². The van der Waals surface area contributed by atoms with Crippen molar-refractivity contribution in [3.8, 4) is 0 Å². The minimum atomic E-state index is -0.196. The molecule has 0 aliphatic heterocycles. The van der Waals surface area contributed by atoms with E-state index in [1.54, 1.807) is 0 Å². The summed E-state index contributed by atoms with van der Waals surface area (Å²) in [6.07, 6.45) is 5.25. The molecule has 0 bridgehead atoms. The molecule has 1 aliphatic rings. The van der Waals surface area contributed by atoms with Gasteiger partial charge in [-0.2, -0.15) is 0 Å². The van der Waals surface area contributed by atoms with Crippen molar-refractivity contribution in [2.45, 2.75) is 51.7 Å². The maximum absolute atomic E-state index is 13.0. The van der Waals surface area contributed by atoms with Crippen molar-refractivity contribution < 1.29 is 9.13 Å². The molecule has 2 rings (SSSR count). The van der Waals surface area contributed by atoms with Crippen molar-refractivity contribution in [3.05, 3.63) is 35.6 Å². The zero-order valence-electron chi connectivity index (χ0n) is 12.6. The maximum atomic E-state index is 13.0. The lowest BCUT2D eigenvalue weighted by molar-refractivity contribution is 0.0361. The molecule has 1 atom stereocenters. The van der Waals surface area contributed by atoms with E-state index in [-0.39, 0.29) is 11.9 Å². The number of halogens is 1. The summed E-state index contributed by atoms with van der Waals surface area (Å²) < 4.78 is 19.1. The van der Waals surface area contributed by atoms with Gasteiger partial charge in [-0.25, -0.2) is 4.39 Å². The van der Waals surface area contributed by atoms with E-state index < -0.39 is 0 Å². The van der Waals surface area contributed by atoms with Crippen LogP contribution in [0.5, 0.6) is 0 Å². The minimum Gasteiger partial charge on any atom is -0.372 e. The van der Waals surface area contributed by atoms with Gasteiger partial charge in [0.2, 0.25) is 0 Å². The zero-order valence-corrected chi connectivity index (χ0v) is 12.6. The van der Waals surface area contributed by atoms with Crippen molar-refractivity contribution in [2.75, 3.05) is 13.2 Å². The van der Waals surface area contributed by atoms with Crippen molar-refractivity contribution in [1.82, 2.24) is 5.32 Å². The van der Waals surface area contributed by atoms with Crippen molar-refractivity contribution in [1.29, 1.82) is 0 Å². The first-order chi connectivity index (χ1) is 9.65. The molecule has 1 aromatic rings. The number of rotatable bonds is 8. The van der Waals surface area contributed by atoms with Gasteiger partial charge in [-0.15, -0.1) is 0 Å². The second-order valence-corrected chi connectivity index (χ2v) is 6.06. The number of hydrogen-bond acceptors (Lipinski definition) is 2. The number of ether oxygens (including phenoxy) is 1. The Morgan fingerprint density at radius 3 is 2.50 bits per heavy atom. The zero-order chi connectivity index (χ0) is 14.4. The SMILES string of the molecule is CC(C)NCC(OCCC1CCC1)c1ccc(F)cc1.